The minimum Gasteiger partial charge on any atom is -0.497 e. The second-order valence-electron chi connectivity index (χ2n) is 8.46. The van der Waals surface area contributed by atoms with Crippen molar-refractivity contribution in [3.05, 3.63) is 77.9 Å². The van der Waals surface area contributed by atoms with E-state index in [0.717, 1.165) is 32.5 Å². The summed E-state index contributed by atoms with van der Waals surface area (Å²) < 4.78 is 5.26. The molecule has 5 rings (SSSR count). The third kappa shape index (κ3) is 3.87. The van der Waals surface area contributed by atoms with Gasteiger partial charge < -0.3 is 9.64 Å². The first kappa shape index (κ1) is 21.6. The lowest BCUT2D eigenvalue weighted by molar-refractivity contribution is -0.137. The SMILES string of the molecule is COc1ccc([C@@H]2CC(c3ccc4ccccc4c3)=NN2C(=O)CN2C(=O)CN(C)C2=O)cc1. The summed E-state index contributed by atoms with van der Waals surface area (Å²) in [4.78, 5) is 40.1. The molecule has 0 radical (unpaired) electrons. The number of carbonyl (C=O) groups excluding carboxylic acids is 3. The summed E-state index contributed by atoms with van der Waals surface area (Å²) in [6.45, 7) is -0.372. The first-order valence-corrected chi connectivity index (χ1v) is 11.0. The Morgan fingerprint density at radius 2 is 1.76 bits per heavy atom. The fourth-order valence-corrected chi connectivity index (χ4v) is 4.40. The molecule has 0 N–H and O–H groups in total. The summed E-state index contributed by atoms with van der Waals surface area (Å²) in [5.41, 5.74) is 2.60. The number of fused-ring (bicyclic) bond motifs is 1. The van der Waals surface area contributed by atoms with Crippen LogP contribution in [0.25, 0.3) is 10.8 Å². The number of benzene rings is 3. The van der Waals surface area contributed by atoms with Crippen molar-refractivity contribution in [2.45, 2.75) is 12.5 Å². The molecule has 1 saturated heterocycles. The van der Waals surface area contributed by atoms with Crippen LogP contribution >= 0.6 is 0 Å². The quantitative estimate of drug-likeness (QED) is 0.551. The van der Waals surface area contributed by atoms with E-state index < -0.39 is 11.9 Å². The standard InChI is InChI=1S/C26H24N4O4/c1-28-15-24(31)29(26(28)33)16-25(32)30-23(18-9-11-21(34-2)12-10-18)14-22(27-30)20-8-7-17-5-3-4-6-19(17)13-20/h3-13,23H,14-16H2,1-2H3/t23-/m0/s1. The number of rotatable bonds is 5. The molecule has 34 heavy (non-hydrogen) atoms. The topological polar surface area (TPSA) is 82.5 Å². The van der Waals surface area contributed by atoms with Gasteiger partial charge in [-0.25, -0.2) is 9.80 Å². The van der Waals surface area contributed by atoms with E-state index in [0.29, 0.717) is 12.2 Å². The maximum absolute atomic E-state index is 13.3. The van der Waals surface area contributed by atoms with Crippen molar-refractivity contribution in [2.75, 3.05) is 27.2 Å². The molecule has 3 aromatic carbocycles. The Labute approximate surface area is 197 Å². The molecular formula is C26H24N4O4. The minimum absolute atomic E-state index is 0.0281. The van der Waals surface area contributed by atoms with Crippen LogP contribution in [0.2, 0.25) is 0 Å². The zero-order chi connectivity index (χ0) is 23.8. The molecule has 3 aromatic rings. The van der Waals surface area contributed by atoms with Crippen molar-refractivity contribution in [1.82, 2.24) is 14.8 Å². The van der Waals surface area contributed by atoms with Crippen molar-refractivity contribution in [1.29, 1.82) is 0 Å². The van der Waals surface area contributed by atoms with Gasteiger partial charge in [0, 0.05) is 13.5 Å². The van der Waals surface area contributed by atoms with Gasteiger partial charge in [-0.05, 0) is 40.1 Å². The van der Waals surface area contributed by atoms with Crippen LogP contribution < -0.4 is 4.74 Å². The number of ether oxygens (including phenoxy) is 1. The molecular weight excluding hydrogens is 432 g/mol. The van der Waals surface area contributed by atoms with Crippen LogP contribution in [0.15, 0.2) is 71.8 Å². The number of methoxy groups -OCH3 is 1. The summed E-state index contributed by atoms with van der Waals surface area (Å²) in [5, 5.41) is 8.30. The summed E-state index contributed by atoms with van der Waals surface area (Å²) >= 11 is 0. The molecule has 2 heterocycles. The van der Waals surface area contributed by atoms with E-state index in [1.165, 1.54) is 17.0 Å². The van der Waals surface area contributed by atoms with Crippen molar-refractivity contribution in [3.63, 3.8) is 0 Å². The van der Waals surface area contributed by atoms with E-state index in [1.807, 2.05) is 60.7 Å². The van der Waals surface area contributed by atoms with E-state index in [9.17, 15) is 14.4 Å². The van der Waals surface area contributed by atoms with Crippen LogP contribution in [0.3, 0.4) is 0 Å². The van der Waals surface area contributed by atoms with Gasteiger partial charge in [-0.3, -0.25) is 14.5 Å². The molecule has 0 bridgehead atoms. The zero-order valence-electron chi connectivity index (χ0n) is 19.0. The molecule has 0 saturated carbocycles. The lowest BCUT2D eigenvalue weighted by atomic mass is 9.97. The Morgan fingerprint density at radius 1 is 1.03 bits per heavy atom. The number of hydrazone groups is 1. The van der Waals surface area contributed by atoms with Gasteiger partial charge in [0.15, 0.2) is 0 Å². The number of hydrogen-bond donors (Lipinski definition) is 0. The highest BCUT2D eigenvalue weighted by molar-refractivity contribution is 6.07. The lowest BCUT2D eigenvalue weighted by Gasteiger charge is -2.24. The molecule has 2 aliphatic rings. The number of amides is 4. The fourth-order valence-electron chi connectivity index (χ4n) is 4.40. The monoisotopic (exact) mass is 456 g/mol. The smallest absolute Gasteiger partial charge is 0.327 e. The number of carbonyl (C=O) groups is 3. The Morgan fingerprint density at radius 3 is 2.44 bits per heavy atom. The van der Waals surface area contributed by atoms with E-state index in [2.05, 4.69) is 11.2 Å². The maximum Gasteiger partial charge on any atom is 0.327 e. The second kappa shape index (κ2) is 8.62. The van der Waals surface area contributed by atoms with Crippen LogP contribution in [0.5, 0.6) is 5.75 Å². The highest BCUT2D eigenvalue weighted by atomic mass is 16.5. The predicted molar refractivity (Wildman–Crippen MR) is 127 cm³/mol. The first-order chi connectivity index (χ1) is 16.4. The molecule has 0 spiro atoms. The van der Waals surface area contributed by atoms with Crippen molar-refractivity contribution >= 4 is 34.3 Å². The molecule has 2 aliphatic heterocycles. The van der Waals surface area contributed by atoms with E-state index >= 15 is 0 Å². The largest absolute Gasteiger partial charge is 0.497 e. The van der Waals surface area contributed by atoms with Gasteiger partial charge >= 0.3 is 6.03 Å². The summed E-state index contributed by atoms with van der Waals surface area (Å²) in [7, 11) is 3.14. The van der Waals surface area contributed by atoms with Crippen LogP contribution in [-0.4, -0.2) is 65.6 Å². The van der Waals surface area contributed by atoms with E-state index in [1.54, 1.807) is 7.11 Å². The van der Waals surface area contributed by atoms with Crippen LogP contribution in [-0.2, 0) is 9.59 Å². The molecule has 0 aromatic heterocycles. The Hall–Kier alpha value is -4.20. The van der Waals surface area contributed by atoms with E-state index in [-0.39, 0.29) is 25.0 Å². The van der Waals surface area contributed by atoms with Gasteiger partial charge in [-0.15, -0.1) is 0 Å². The predicted octanol–water partition coefficient (Wildman–Crippen LogP) is 3.42. The van der Waals surface area contributed by atoms with Crippen molar-refractivity contribution in [2.24, 2.45) is 5.10 Å². The Bertz CT molecular complexity index is 1320. The highest BCUT2D eigenvalue weighted by Gasteiger charge is 2.39. The summed E-state index contributed by atoms with van der Waals surface area (Å²) in [6.07, 6.45) is 0.512. The molecule has 4 amide bonds. The van der Waals surface area contributed by atoms with Gasteiger partial charge in [0.05, 0.1) is 18.9 Å². The third-order valence-corrected chi connectivity index (χ3v) is 6.27. The number of urea groups is 1. The molecule has 0 aliphatic carbocycles. The average molecular weight is 457 g/mol. The van der Waals surface area contributed by atoms with Crippen molar-refractivity contribution < 1.29 is 19.1 Å². The van der Waals surface area contributed by atoms with Gasteiger partial charge in [0.2, 0.25) is 0 Å². The van der Waals surface area contributed by atoms with Gasteiger partial charge in [-0.1, -0.05) is 48.5 Å². The van der Waals surface area contributed by atoms with Crippen molar-refractivity contribution in [3.8, 4) is 5.75 Å². The fraction of sp³-hybridized carbons (Fsp3) is 0.231. The van der Waals surface area contributed by atoms with Gasteiger partial charge in [0.1, 0.15) is 18.8 Å². The minimum atomic E-state index is -0.475. The normalized spacial score (nSPS) is 18.1. The molecule has 8 heteroatoms. The molecule has 172 valence electrons. The molecule has 0 unspecified atom stereocenters. The number of nitrogens with zero attached hydrogens (tertiary/aromatic N) is 4. The number of imide groups is 1. The zero-order valence-corrected chi connectivity index (χ0v) is 19.0. The molecule has 8 nitrogen and oxygen atoms in total. The highest BCUT2D eigenvalue weighted by Crippen LogP contribution is 2.34. The van der Waals surface area contributed by atoms with E-state index in [4.69, 9.17) is 4.74 Å². The first-order valence-electron chi connectivity index (χ1n) is 11.0. The Balaban J connectivity index is 1.48. The van der Waals surface area contributed by atoms with Crippen LogP contribution in [0.1, 0.15) is 23.6 Å². The number of hydrogen-bond acceptors (Lipinski definition) is 5. The third-order valence-electron chi connectivity index (χ3n) is 6.27. The lowest BCUT2D eigenvalue weighted by Crippen LogP contribution is -2.41. The van der Waals surface area contributed by atoms with Crippen LogP contribution in [0.4, 0.5) is 4.79 Å². The molecule has 1 atom stereocenters. The number of likely N-dealkylation sites (N-methyl/N-ethyl adjacent to an activating group) is 1. The maximum atomic E-state index is 13.3. The summed E-state index contributed by atoms with van der Waals surface area (Å²) in [5.74, 6) is -0.0834. The Kier molecular flexibility index (Phi) is 5.49. The second-order valence-corrected chi connectivity index (χ2v) is 8.46. The summed E-state index contributed by atoms with van der Waals surface area (Å²) in [6, 6.07) is 20.8. The van der Waals surface area contributed by atoms with Gasteiger partial charge in [0.25, 0.3) is 11.8 Å². The van der Waals surface area contributed by atoms with Crippen LogP contribution in [0, 0.1) is 0 Å². The average Bonchev–Trinajstić information content (AvgIpc) is 3.41. The van der Waals surface area contributed by atoms with Gasteiger partial charge in [-0.2, -0.15) is 5.10 Å². The molecule has 1 fully saturated rings.